The molecular formula is C15H13F3N4O4S. The van der Waals surface area contributed by atoms with Gasteiger partial charge >= 0.3 is 6.18 Å². The van der Waals surface area contributed by atoms with E-state index in [9.17, 15) is 32.9 Å². The van der Waals surface area contributed by atoms with E-state index < -0.39 is 28.3 Å². The van der Waals surface area contributed by atoms with Gasteiger partial charge in [-0.3, -0.25) is 19.7 Å². The zero-order valence-corrected chi connectivity index (χ0v) is 14.6. The van der Waals surface area contributed by atoms with Crippen molar-refractivity contribution in [3.63, 3.8) is 0 Å². The number of amides is 1. The molecule has 0 spiro atoms. The Labute approximate surface area is 154 Å². The highest BCUT2D eigenvalue weighted by molar-refractivity contribution is 7.14. The van der Waals surface area contributed by atoms with Crippen LogP contribution in [0.4, 0.5) is 29.7 Å². The lowest BCUT2D eigenvalue weighted by Gasteiger charge is -2.10. The van der Waals surface area contributed by atoms with E-state index in [-0.39, 0.29) is 35.3 Å². The molecule has 0 bridgehead atoms. The van der Waals surface area contributed by atoms with Crippen LogP contribution < -0.4 is 10.6 Å². The lowest BCUT2D eigenvalue weighted by atomic mass is 10.1. The third kappa shape index (κ3) is 5.48. The fraction of sp³-hybridized carbons (Fsp3) is 0.267. The topological polar surface area (TPSA) is 114 Å². The number of anilines is 2. The first kappa shape index (κ1) is 20.3. The minimum atomic E-state index is -4.70. The third-order valence-electron chi connectivity index (χ3n) is 3.30. The number of ketones is 1. The molecule has 1 aromatic heterocycles. The average Bonchev–Trinajstić information content (AvgIpc) is 3.02. The van der Waals surface area contributed by atoms with Gasteiger partial charge in [-0.05, 0) is 12.1 Å². The number of nitro groups is 1. The number of alkyl halides is 3. The number of halogens is 3. The van der Waals surface area contributed by atoms with Crippen molar-refractivity contribution in [1.82, 2.24) is 4.98 Å². The van der Waals surface area contributed by atoms with Crippen LogP contribution in [-0.4, -0.2) is 28.1 Å². The molecule has 0 aliphatic carbocycles. The summed E-state index contributed by atoms with van der Waals surface area (Å²) >= 11 is 1.07. The summed E-state index contributed by atoms with van der Waals surface area (Å²) < 4.78 is 38.0. The van der Waals surface area contributed by atoms with Crippen molar-refractivity contribution in [2.45, 2.75) is 19.5 Å². The maximum atomic E-state index is 12.7. The average molecular weight is 402 g/mol. The molecule has 12 heteroatoms. The van der Waals surface area contributed by atoms with Gasteiger partial charge in [-0.2, -0.15) is 13.2 Å². The number of carbonyl (C=O) groups excluding carboxylic acids is 2. The molecule has 2 aromatic rings. The van der Waals surface area contributed by atoms with Crippen LogP contribution in [0, 0.1) is 10.1 Å². The van der Waals surface area contributed by atoms with Crippen molar-refractivity contribution < 1.29 is 27.7 Å². The summed E-state index contributed by atoms with van der Waals surface area (Å²) in [6.07, 6.45) is -4.82. The predicted molar refractivity (Wildman–Crippen MR) is 92.0 cm³/mol. The van der Waals surface area contributed by atoms with Crippen LogP contribution >= 0.6 is 11.3 Å². The first-order chi connectivity index (χ1) is 12.6. The van der Waals surface area contributed by atoms with E-state index in [4.69, 9.17) is 0 Å². The molecule has 0 saturated heterocycles. The van der Waals surface area contributed by atoms with Gasteiger partial charge in [0.2, 0.25) is 5.91 Å². The Hall–Kier alpha value is -3.02. The number of aromatic nitrogens is 1. The van der Waals surface area contributed by atoms with Gasteiger partial charge in [0.1, 0.15) is 11.4 Å². The molecule has 0 fully saturated rings. The van der Waals surface area contributed by atoms with E-state index in [1.165, 1.54) is 12.3 Å². The largest absolute Gasteiger partial charge is 0.416 e. The van der Waals surface area contributed by atoms with Crippen molar-refractivity contribution in [1.29, 1.82) is 0 Å². The number of Topliss-reactive ketones (excluding diaryl/α,β-unsaturated/α-hetero) is 1. The van der Waals surface area contributed by atoms with E-state index in [2.05, 4.69) is 15.6 Å². The molecule has 0 aliphatic heterocycles. The molecule has 1 heterocycles. The molecule has 27 heavy (non-hydrogen) atoms. The second-order valence-electron chi connectivity index (χ2n) is 5.31. The summed E-state index contributed by atoms with van der Waals surface area (Å²) in [4.78, 5) is 36.9. The van der Waals surface area contributed by atoms with E-state index in [0.717, 1.165) is 17.4 Å². The number of nitrogens with one attached hydrogen (secondary N) is 2. The molecule has 1 amide bonds. The SMILES string of the molecule is CC(=O)c1csc(NC(=O)CCNc2ccc(C(F)(F)F)cc2[N+](=O)[O-])n1. The summed E-state index contributed by atoms with van der Waals surface area (Å²) in [5.41, 5.74) is -1.79. The maximum absolute atomic E-state index is 12.7. The summed E-state index contributed by atoms with van der Waals surface area (Å²) in [6.45, 7) is 1.28. The minimum Gasteiger partial charge on any atom is -0.379 e. The van der Waals surface area contributed by atoms with Crippen LogP contribution in [0.15, 0.2) is 23.6 Å². The second-order valence-corrected chi connectivity index (χ2v) is 6.16. The van der Waals surface area contributed by atoms with Crippen LogP contribution in [0.25, 0.3) is 0 Å². The normalized spacial score (nSPS) is 11.1. The summed E-state index contributed by atoms with van der Waals surface area (Å²) in [5.74, 6) is -0.718. The van der Waals surface area contributed by atoms with E-state index in [1.54, 1.807) is 0 Å². The molecule has 2 N–H and O–H groups in total. The quantitative estimate of drug-likeness (QED) is 0.415. The molecule has 0 radical (unpaired) electrons. The van der Waals surface area contributed by atoms with Crippen LogP contribution in [0.3, 0.4) is 0 Å². The Balaban J connectivity index is 1.96. The second kappa shape index (κ2) is 8.12. The number of nitrogens with zero attached hydrogens (tertiary/aromatic N) is 2. The van der Waals surface area contributed by atoms with Gasteiger partial charge in [-0.1, -0.05) is 0 Å². The Morgan fingerprint density at radius 3 is 2.59 bits per heavy atom. The monoisotopic (exact) mass is 402 g/mol. The van der Waals surface area contributed by atoms with E-state index in [0.29, 0.717) is 12.1 Å². The Kier molecular flexibility index (Phi) is 6.10. The smallest absolute Gasteiger partial charge is 0.379 e. The summed E-state index contributed by atoms with van der Waals surface area (Å²) in [5, 5.41) is 17.7. The third-order valence-corrected chi connectivity index (χ3v) is 4.06. The molecule has 0 aliphatic rings. The predicted octanol–water partition coefficient (Wildman–Crippen LogP) is 3.71. The minimum absolute atomic E-state index is 0.0526. The Morgan fingerprint density at radius 2 is 2.04 bits per heavy atom. The van der Waals surface area contributed by atoms with Gasteiger partial charge in [0.15, 0.2) is 10.9 Å². The number of hydrogen-bond acceptors (Lipinski definition) is 7. The van der Waals surface area contributed by atoms with Crippen molar-refractivity contribution in [2.75, 3.05) is 17.2 Å². The highest BCUT2D eigenvalue weighted by Crippen LogP contribution is 2.34. The van der Waals surface area contributed by atoms with Gasteiger partial charge in [-0.25, -0.2) is 4.98 Å². The Morgan fingerprint density at radius 1 is 1.33 bits per heavy atom. The standard InChI is InChI=1S/C15H13F3N4O4S/c1-8(23)11-7-27-14(20-11)21-13(24)4-5-19-10-3-2-9(15(16,17)18)6-12(10)22(25)26/h2-3,6-7,19H,4-5H2,1H3,(H,20,21,24). The van der Waals surface area contributed by atoms with Crippen molar-refractivity contribution in [3.8, 4) is 0 Å². The molecule has 0 unspecified atom stereocenters. The van der Waals surface area contributed by atoms with Crippen LogP contribution in [-0.2, 0) is 11.0 Å². The molecule has 144 valence electrons. The molecule has 0 saturated carbocycles. The zero-order valence-electron chi connectivity index (χ0n) is 13.8. The number of hydrogen-bond donors (Lipinski definition) is 2. The van der Waals surface area contributed by atoms with Crippen molar-refractivity contribution in [2.24, 2.45) is 0 Å². The van der Waals surface area contributed by atoms with Gasteiger partial charge in [0.05, 0.1) is 10.5 Å². The molecular weight excluding hydrogens is 389 g/mol. The fourth-order valence-electron chi connectivity index (χ4n) is 1.99. The van der Waals surface area contributed by atoms with Gasteiger partial charge in [0, 0.05) is 31.3 Å². The number of benzene rings is 1. The molecule has 2 rings (SSSR count). The van der Waals surface area contributed by atoms with Crippen LogP contribution in [0.1, 0.15) is 29.4 Å². The highest BCUT2D eigenvalue weighted by atomic mass is 32.1. The summed E-state index contributed by atoms with van der Waals surface area (Å²) in [6, 6.07) is 2.09. The van der Waals surface area contributed by atoms with Gasteiger partial charge in [-0.15, -0.1) is 11.3 Å². The zero-order chi connectivity index (χ0) is 20.2. The highest BCUT2D eigenvalue weighted by Gasteiger charge is 2.33. The maximum Gasteiger partial charge on any atom is 0.416 e. The molecule has 8 nitrogen and oxygen atoms in total. The van der Waals surface area contributed by atoms with Crippen LogP contribution in [0.2, 0.25) is 0 Å². The number of thiazole rings is 1. The lowest BCUT2D eigenvalue weighted by Crippen LogP contribution is -2.17. The van der Waals surface area contributed by atoms with Crippen molar-refractivity contribution >= 4 is 39.5 Å². The first-order valence-electron chi connectivity index (χ1n) is 7.43. The number of carbonyl (C=O) groups is 2. The Bertz CT molecular complexity index is 882. The van der Waals surface area contributed by atoms with E-state index in [1.807, 2.05) is 0 Å². The number of rotatable bonds is 7. The first-order valence-corrected chi connectivity index (χ1v) is 8.31. The van der Waals surface area contributed by atoms with Crippen LogP contribution in [0.5, 0.6) is 0 Å². The molecule has 1 aromatic carbocycles. The van der Waals surface area contributed by atoms with Gasteiger partial charge in [0.25, 0.3) is 5.69 Å². The molecule has 0 atom stereocenters. The van der Waals surface area contributed by atoms with Crippen molar-refractivity contribution in [3.05, 3.63) is 45.0 Å². The van der Waals surface area contributed by atoms with Gasteiger partial charge < -0.3 is 10.6 Å². The fourth-order valence-corrected chi connectivity index (χ4v) is 2.76. The number of nitro benzene ring substituents is 1. The summed E-state index contributed by atoms with van der Waals surface area (Å²) in [7, 11) is 0. The van der Waals surface area contributed by atoms with E-state index >= 15 is 0 Å². The lowest BCUT2D eigenvalue weighted by molar-refractivity contribution is -0.384.